The fourth-order valence-electron chi connectivity index (χ4n) is 1.63. The maximum atomic E-state index is 4.55. The maximum absolute atomic E-state index is 4.55. The molecule has 0 spiro atoms. The summed E-state index contributed by atoms with van der Waals surface area (Å²) in [5, 5.41) is 2.07. The van der Waals surface area contributed by atoms with Gasteiger partial charge in [0.2, 0.25) is 0 Å². The van der Waals surface area contributed by atoms with E-state index in [9.17, 15) is 0 Å². The van der Waals surface area contributed by atoms with E-state index in [1.165, 1.54) is 31.4 Å². The van der Waals surface area contributed by atoms with E-state index in [2.05, 4.69) is 34.1 Å². The van der Waals surface area contributed by atoms with Crippen molar-refractivity contribution in [2.75, 3.05) is 0 Å². The van der Waals surface area contributed by atoms with Crippen molar-refractivity contribution < 1.29 is 0 Å². The average Bonchev–Trinajstić information content (AvgIpc) is 2.72. The molecule has 14 heavy (non-hydrogen) atoms. The molecule has 0 atom stereocenters. The number of fused-ring (bicyclic) bond motifs is 1. The highest BCUT2D eigenvalue weighted by atomic mass is 32.1. The van der Waals surface area contributed by atoms with Gasteiger partial charge in [-0.1, -0.05) is 26.2 Å². The Kier molecular flexibility index (Phi) is 3.19. The molecule has 2 nitrogen and oxygen atoms in total. The Balaban J connectivity index is 1.89. The lowest BCUT2D eigenvalue weighted by molar-refractivity contribution is 0.662. The van der Waals surface area contributed by atoms with Crippen molar-refractivity contribution in [3.8, 4) is 0 Å². The summed E-state index contributed by atoms with van der Waals surface area (Å²) in [6, 6.07) is 0. The minimum Gasteiger partial charge on any atom is -0.297 e. The first-order valence-corrected chi connectivity index (χ1v) is 6.19. The second kappa shape index (κ2) is 4.60. The second-order valence-corrected chi connectivity index (χ2v) is 4.51. The molecule has 2 heterocycles. The Hall–Kier alpha value is -0.830. The van der Waals surface area contributed by atoms with E-state index in [0.717, 1.165) is 11.4 Å². The third kappa shape index (κ3) is 2.15. The van der Waals surface area contributed by atoms with Gasteiger partial charge in [-0.25, -0.2) is 4.98 Å². The number of nitrogens with zero attached hydrogens (tertiary/aromatic N) is 2. The molecule has 0 aliphatic rings. The van der Waals surface area contributed by atoms with E-state index in [-0.39, 0.29) is 0 Å². The van der Waals surface area contributed by atoms with Crippen molar-refractivity contribution >= 4 is 16.3 Å². The van der Waals surface area contributed by atoms with Crippen LogP contribution >= 0.6 is 11.3 Å². The van der Waals surface area contributed by atoms with Crippen molar-refractivity contribution in [3.63, 3.8) is 0 Å². The standard InChI is InChI=1S/C11H16N2S/c1-2-3-4-5-6-10-9-13-7-8-14-11(13)12-10/h7-9H,2-6H2,1H3. The minimum absolute atomic E-state index is 1.12. The highest BCUT2D eigenvalue weighted by molar-refractivity contribution is 7.15. The zero-order valence-corrected chi connectivity index (χ0v) is 9.39. The molecule has 2 rings (SSSR count). The molecular weight excluding hydrogens is 192 g/mol. The van der Waals surface area contributed by atoms with Crippen molar-refractivity contribution in [2.45, 2.75) is 39.0 Å². The van der Waals surface area contributed by atoms with Crippen LogP contribution in [0.1, 0.15) is 38.3 Å². The van der Waals surface area contributed by atoms with E-state index in [1.54, 1.807) is 11.3 Å². The molecule has 0 aliphatic carbocycles. The van der Waals surface area contributed by atoms with Crippen LogP contribution in [0.15, 0.2) is 17.8 Å². The molecular formula is C11H16N2S. The maximum Gasteiger partial charge on any atom is 0.193 e. The van der Waals surface area contributed by atoms with Crippen LogP contribution in [0, 0.1) is 0 Å². The Morgan fingerprint density at radius 2 is 2.29 bits per heavy atom. The summed E-state index contributed by atoms with van der Waals surface area (Å²) in [7, 11) is 0. The summed E-state index contributed by atoms with van der Waals surface area (Å²) < 4.78 is 2.11. The second-order valence-electron chi connectivity index (χ2n) is 3.64. The highest BCUT2D eigenvalue weighted by Gasteiger charge is 2.01. The lowest BCUT2D eigenvalue weighted by Gasteiger charge is -1.95. The lowest BCUT2D eigenvalue weighted by Crippen LogP contribution is -1.85. The van der Waals surface area contributed by atoms with Gasteiger partial charge in [-0.3, -0.25) is 4.40 Å². The number of aryl methyl sites for hydroxylation is 1. The van der Waals surface area contributed by atoms with Gasteiger partial charge in [-0.2, -0.15) is 0 Å². The number of hydrogen-bond donors (Lipinski definition) is 0. The Morgan fingerprint density at radius 3 is 3.07 bits per heavy atom. The summed E-state index contributed by atoms with van der Waals surface area (Å²) in [4.78, 5) is 5.67. The number of thiazole rings is 1. The predicted octanol–water partition coefficient (Wildman–Crippen LogP) is 3.52. The molecule has 0 aromatic carbocycles. The third-order valence-corrected chi connectivity index (χ3v) is 3.20. The number of aromatic nitrogens is 2. The quantitative estimate of drug-likeness (QED) is 0.687. The fourth-order valence-corrected chi connectivity index (χ4v) is 2.35. The van der Waals surface area contributed by atoms with Gasteiger partial charge in [0.05, 0.1) is 5.69 Å². The van der Waals surface area contributed by atoms with Gasteiger partial charge in [0.25, 0.3) is 0 Å². The molecule has 0 radical (unpaired) electrons. The van der Waals surface area contributed by atoms with Gasteiger partial charge in [-0.05, 0) is 12.8 Å². The van der Waals surface area contributed by atoms with Crippen LogP contribution in [0.3, 0.4) is 0 Å². The van der Waals surface area contributed by atoms with Crippen LogP contribution in [0.2, 0.25) is 0 Å². The van der Waals surface area contributed by atoms with Gasteiger partial charge in [0, 0.05) is 17.8 Å². The van der Waals surface area contributed by atoms with E-state index < -0.39 is 0 Å². The number of rotatable bonds is 5. The van der Waals surface area contributed by atoms with Crippen molar-refractivity contribution in [1.82, 2.24) is 9.38 Å². The first-order valence-electron chi connectivity index (χ1n) is 5.31. The highest BCUT2D eigenvalue weighted by Crippen LogP contribution is 2.13. The van der Waals surface area contributed by atoms with Crippen LogP contribution in [0.25, 0.3) is 4.96 Å². The normalized spacial score (nSPS) is 11.2. The summed E-state index contributed by atoms with van der Waals surface area (Å²) >= 11 is 1.70. The topological polar surface area (TPSA) is 17.3 Å². The summed E-state index contributed by atoms with van der Waals surface area (Å²) in [6.07, 6.45) is 10.6. The third-order valence-electron chi connectivity index (χ3n) is 2.43. The molecule has 0 unspecified atom stereocenters. The molecule has 0 saturated heterocycles. The van der Waals surface area contributed by atoms with E-state index >= 15 is 0 Å². The largest absolute Gasteiger partial charge is 0.297 e. The fraction of sp³-hybridized carbons (Fsp3) is 0.545. The minimum atomic E-state index is 1.12. The van der Waals surface area contributed by atoms with Crippen molar-refractivity contribution in [2.24, 2.45) is 0 Å². The first kappa shape index (κ1) is 9.71. The SMILES string of the molecule is CCCCCCc1cn2ccsc2n1. The molecule has 3 heteroatoms. The zero-order valence-electron chi connectivity index (χ0n) is 8.57. The Labute approximate surface area is 88.6 Å². The molecule has 76 valence electrons. The molecule has 0 saturated carbocycles. The van der Waals surface area contributed by atoms with Gasteiger partial charge < -0.3 is 0 Å². The van der Waals surface area contributed by atoms with Gasteiger partial charge >= 0.3 is 0 Å². The monoisotopic (exact) mass is 208 g/mol. The smallest absolute Gasteiger partial charge is 0.193 e. The van der Waals surface area contributed by atoms with E-state index in [0.29, 0.717) is 0 Å². The summed E-state index contributed by atoms with van der Waals surface area (Å²) in [5.41, 5.74) is 1.24. The molecule has 2 aromatic heterocycles. The molecule has 0 N–H and O–H groups in total. The predicted molar refractivity (Wildman–Crippen MR) is 60.9 cm³/mol. The number of hydrogen-bond acceptors (Lipinski definition) is 2. The molecule has 0 amide bonds. The summed E-state index contributed by atoms with van der Waals surface area (Å²) in [6.45, 7) is 2.24. The van der Waals surface area contributed by atoms with E-state index in [4.69, 9.17) is 0 Å². The molecule has 0 bridgehead atoms. The van der Waals surface area contributed by atoms with Crippen LogP contribution in [0.4, 0.5) is 0 Å². The Bertz CT molecular complexity index is 360. The number of unbranched alkanes of at least 4 members (excludes halogenated alkanes) is 3. The van der Waals surface area contributed by atoms with Gasteiger partial charge in [0.15, 0.2) is 4.96 Å². The molecule has 0 fully saturated rings. The van der Waals surface area contributed by atoms with Crippen LogP contribution in [0.5, 0.6) is 0 Å². The molecule has 0 aliphatic heterocycles. The van der Waals surface area contributed by atoms with Crippen LogP contribution in [-0.4, -0.2) is 9.38 Å². The van der Waals surface area contributed by atoms with Crippen molar-refractivity contribution in [1.29, 1.82) is 0 Å². The van der Waals surface area contributed by atoms with Gasteiger partial charge in [-0.15, -0.1) is 11.3 Å². The number of imidazole rings is 1. The Morgan fingerprint density at radius 1 is 1.36 bits per heavy atom. The average molecular weight is 208 g/mol. The van der Waals surface area contributed by atoms with Gasteiger partial charge in [0.1, 0.15) is 0 Å². The van der Waals surface area contributed by atoms with Crippen LogP contribution in [-0.2, 0) is 6.42 Å². The zero-order chi connectivity index (χ0) is 9.80. The first-order chi connectivity index (χ1) is 6.90. The molecule has 2 aromatic rings. The van der Waals surface area contributed by atoms with Crippen LogP contribution < -0.4 is 0 Å². The summed E-state index contributed by atoms with van der Waals surface area (Å²) in [5.74, 6) is 0. The lowest BCUT2D eigenvalue weighted by atomic mass is 10.1. The van der Waals surface area contributed by atoms with Crippen molar-refractivity contribution in [3.05, 3.63) is 23.5 Å². The van der Waals surface area contributed by atoms with E-state index in [1.807, 2.05) is 0 Å².